The molecule has 0 aliphatic rings. The lowest BCUT2D eigenvalue weighted by Gasteiger charge is -2.23. The normalized spacial score (nSPS) is 11.5. The number of amides is 2. The van der Waals surface area contributed by atoms with Crippen molar-refractivity contribution in [1.82, 2.24) is 5.32 Å². The molecule has 1 aromatic rings. The third kappa shape index (κ3) is 5.61. The third-order valence-electron chi connectivity index (χ3n) is 3.35. The first kappa shape index (κ1) is 16.5. The van der Waals surface area contributed by atoms with Gasteiger partial charge in [-0.2, -0.15) is 0 Å². The van der Waals surface area contributed by atoms with E-state index in [-0.39, 0.29) is 18.1 Å². The van der Waals surface area contributed by atoms with Gasteiger partial charge < -0.3 is 15.7 Å². The molecule has 0 fully saturated rings. The largest absolute Gasteiger partial charge is 0.396 e. The van der Waals surface area contributed by atoms with Crippen LogP contribution in [0.2, 0.25) is 0 Å². The zero-order chi connectivity index (χ0) is 15.2. The van der Waals surface area contributed by atoms with Crippen LogP contribution in [-0.4, -0.2) is 24.3 Å². The van der Waals surface area contributed by atoms with Gasteiger partial charge in [0.25, 0.3) is 0 Å². The van der Waals surface area contributed by atoms with Crippen LogP contribution in [0, 0.1) is 5.41 Å². The minimum atomic E-state index is -0.215. The smallest absolute Gasteiger partial charge is 0.319 e. The molecule has 2 amide bonds. The molecule has 0 heterocycles. The average molecular weight is 278 g/mol. The topological polar surface area (TPSA) is 61.4 Å². The van der Waals surface area contributed by atoms with Gasteiger partial charge in [-0.1, -0.05) is 39.8 Å². The first-order valence-electron chi connectivity index (χ1n) is 7.10. The van der Waals surface area contributed by atoms with Crippen molar-refractivity contribution >= 4 is 11.7 Å². The molecule has 0 saturated carbocycles. The monoisotopic (exact) mass is 278 g/mol. The number of nitrogens with one attached hydrogen (secondary N) is 2. The van der Waals surface area contributed by atoms with Gasteiger partial charge in [-0.3, -0.25) is 0 Å². The van der Waals surface area contributed by atoms with Crippen molar-refractivity contribution in [3.05, 3.63) is 29.8 Å². The number of benzene rings is 1. The van der Waals surface area contributed by atoms with Crippen LogP contribution in [0.4, 0.5) is 10.5 Å². The second kappa shape index (κ2) is 7.29. The number of aliphatic hydroxyl groups is 1. The lowest BCUT2D eigenvalue weighted by molar-refractivity contribution is 0.204. The van der Waals surface area contributed by atoms with E-state index in [0.29, 0.717) is 18.9 Å². The van der Waals surface area contributed by atoms with Crippen molar-refractivity contribution in [2.45, 2.75) is 40.0 Å². The number of aliphatic hydroxyl groups excluding tert-OH is 1. The Labute approximate surface area is 121 Å². The van der Waals surface area contributed by atoms with E-state index in [1.807, 2.05) is 38.1 Å². The number of rotatable bonds is 6. The second-order valence-corrected chi connectivity index (χ2v) is 6.22. The van der Waals surface area contributed by atoms with Crippen molar-refractivity contribution in [2.24, 2.45) is 5.41 Å². The highest BCUT2D eigenvalue weighted by atomic mass is 16.3. The summed E-state index contributed by atoms with van der Waals surface area (Å²) < 4.78 is 0. The molecule has 0 spiro atoms. The van der Waals surface area contributed by atoms with Crippen molar-refractivity contribution in [1.29, 1.82) is 0 Å². The van der Waals surface area contributed by atoms with Crippen molar-refractivity contribution in [3.63, 3.8) is 0 Å². The van der Waals surface area contributed by atoms with Gasteiger partial charge in [0.15, 0.2) is 0 Å². The number of carbonyl (C=O) groups excluding carboxylic acids is 1. The minimum Gasteiger partial charge on any atom is -0.396 e. The molecular formula is C16H26N2O2. The molecule has 1 rings (SSSR count). The molecule has 0 aromatic heterocycles. The number of anilines is 1. The molecule has 0 aliphatic heterocycles. The summed E-state index contributed by atoms with van der Waals surface area (Å²) in [5.74, 6) is 0.483. The molecular weight excluding hydrogens is 252 g/mol. The van der Waals surface area contributed by atoms with Gasteiger partial charge in [0.2, 0.25) is 0 Å². The van der Waals surface area contributed by atoms with Crippen LogP contribution in [0.25, 0.3) is 0 Å². The van der Waals surface area contributed by atoms with Gasteiger partial charge in [0, 0.05) is 18.8 Å². The number of carbonyl (C=O) groups is 1. The highest BCUT2D eigenvalue weighted by Gasteiger charge is 2.18. The summed E-state index contributed by atoms with van der Waals surface area (Å²) in [6, 6.07) is 7.65. The fraction of sp³-hybridized carbons (Fsp3) is 0.562. The molecule has 0 saturated heterocycles. The van der Waals surface area contributed by atoms with Crippen molar-refractivity contribution in [2.75, 3.05) is 18.5 Å². The van der Waals surface area contributed by atoms with E-state index in [0.717, 1.165) is 5.69 Å². The minimum absolute atomic E-state index is 0.104. The van der Waals surface area contributed by atoms with E-state index >= 15 is 0 Å². The molecule has 4 heteroatoms. The molecule has 20 heavy (non-hydrogen) atoms. The summed E-state index contributed by atoms with van der Waals surface area (Å²) in [7, 11) is 0. The maximum Gasteiger partial charge on any atom is 0.319 e. The summed E-state index contributed by atoms with van der Waals surface area (Å²) >= 11 is 0. The molecule has 1 aromatic carbocycles. The van der Waals surface area contributed by atoms with Crippen molar-refractivity contribution < 1.29 is 9.90 Å². The van der Waals surface area contributed by atoms with E-state index in [1.54, 1.807) is 0 Å². The predicted octanol–water partition coefficient (Wildman–Crippen LogP) is 3.34. The van der Waals surface area contributed by atoms with E-state index in [2.05, 4.69) is 24.5 Å². The van der Waals surface area contributed by atoms with E-state index in [9.17, 15) is 4.79 Å². The molecule has 0 bridgehead atoms. The zero-order valence-corrected chi connectivity index (χ0v) is 12.9. The third-order valence-corrected chi connectivity index (χ3v) is 3.35. The number of urea groups is 1. The fourth-order valence-electron chi connectivity index (χ4n) is 1.84. The van der Waals surface area contributed by atoms with Crippen LogP contribution in [0.3, 0.4) is 0 Å². The fourth-order valence-corrected chi connectivity index (χ4v) is 1.84. The molecule has 0 atom stereocenters. The molecule has 3 N–H and O–H groups in total. The molecule has 112 valence electrons. The Morgan fingerprint density at radius 3 is 2.35 bits per heavy atom. The van der Waals surface area contributed by atoms with Gasteiger partial charge in [0.05, 0.1) is 0 Å². The Morgan fingerprint density at radius 2 is 1.85 bits per heavy atom. The van der Waals surface area contributed by atoms with E-state index in [1.165, 1.54) is 5.56 Å². The van der Waals surface area contributed by atoms with Crippen LogP contribution in [0.1, 0.15) is 45.6 Å². The van der Waals surface area contributed by atoms with Gasteiger partial charge in [-0.05, 0) is 35.4 Å². The second-order valence-electron chi connectivity index (χ2n) is 6.22. The molecule has 0 unspecified atom stereocenters. The maximum absolute atomic E-state index is 11.8. The summed E-state index contributed by atoms with van der Waals surface area (Å²) in [6.07, 6.45) is 0.663. The Morgan fingerprint density at radius 1 is 1.25 bits per heavy atom. The highest BCUT2D eigenvalue weighted by molar-refractivity contribution is 5.89. The first-order chi connectivity index (χ1) is 9.34. The highest BCUT2D eigenvalue weighted by Crippen LogP contribution is 2.19. The van der Waals surface area contributed by atoms with Gasteiger partial charge in [0.1, 0.15) is 0 Å². The lowest BCUT2D eigenvalue weighted by Crippen LogP contribution is -2.37. The standard InChI is InChI=1S/C16H26N2O2/c1-12(2)13-5-7-14(8-6-13)18-15(20)17-11-16(3,4)9-10-19/h5-8,12,19H,9-11H2,1-4H3,(H2,17,18,20). The maximum atomic E-state index is 11.8. The van der Waals surface area contributed by atoms with Gasteiger partial charge in [-0.15, -0.1) is 0 Å². The summed E-state index contributed by atoms with van der Waals surface area (Å²) in [4.78, 5) is 11.8. The molecule has 0 aliphatic carbocycles. The van der Waals surface area contributed by atoms with Crippen LogP contribution in [0.5, 0.6) is 0 Å². The Kier molecular flexibility index (Phi) is 6.02. The number of hydrogen-bond acceptors (Lipinski definition) is 2. The van der Waals surface area contributed by atoms with Crippen LogP contribution < -0.4 is 10.6 Å². The van der Waals surface area contributed by atoms with E-state index in [4.69, 9.17) is 5.11 Å². The first-order valence-corrected chi connectivity index (χ1v) is 7.10. The van der Waals surface area contributed by atoms with Gasteiger partial charge in [-0.25, -0.2) is 4.79 Å². The lowest BCUT2D eigenvalue weighted by atomic mass is 9.90. The quantitative estimate of drug-likeness (QED) is 0.747. The SMILES string of the molecule is CC(C)c1ccc(NC(=O)NCC(C)(C)CCO)cc1. The van der Waals surface area contributed by atoms with Crippen molar-refractivity contribution in [3.8, 4) is 0 Å². The van der Waals surface area contributed by atoms with E-state index < -0.39 is 0 Å². The molecule has 0 radical (unpaired) electrons. The number of hydrogen-bond donors (Lipinski definition) is 3. The van der Waals surface area contributed by atoms with Crippen LogP contribution >= 0.6 is 0 Å². The summed E-state index contributed by atoms with van der Waals surface area (Å²) in [5, 5.41) is 14.6. The predicted molar refractivity (Wildman–Crippen MR) is 83.0 cm³/mol. The van der Waals surface area contributed by atoms with Crippen LogP contribution in [0.15, 0.2) is 24.3 Å². The summed E-state index contributed by atoms with van der Waals surface area (Å²) in [5.41, 5.74) is 1.93. The molecule has 4 nitrogen and oxygen atoms in total. The van der Waals surface area contributed by atoms with Crippen LogP contribution in [-0.2, 0) is 0 Å². The van der Waals surface area contributed by atoms with Gasteiger partial charge >= 0.3 is 6.03 Å². The Balaban J connectivity index is 2.46. The summed E-state index contributed by atoms with van der Waals surface area (Å²) in [6.45, 7) is 8.97. The average Bonchev–Trinajstić information content (AvgIpc) is 2.37. The Hall–Kier alpha value is -1.55. The zero-order valence-electron chi connectivity index (χ0n) is 12.9. The Bertz CT molecular complexity index is 425.